The van der Waals surface area contributed by atoms with Crippen LogP contribution in [-0.4, -0.2) is 45.9 Å². The molecule has 0 radical (unpaired) electrons. The minimum Gasteiger partial charge on any atom is -0.355 e. The molecule has 29 heavy (non-hydrogen) atoms. The summed E-state index contributed by atoms with van der Waals surface area (Å²) in [6.45, 7) is 5.14. The molecule has 2 fully saturated rings. The van der Waals surface area contributed by atoms with Gasteiger partial charge in [0.05, 0.1) is 18.4 Å². The molecule has 0 bridgehead atoms. The molecule has 3 aromatic rings. The van der Waals surface area contributed by atoms with Gasteiger partial charge in [-0.25, -0.2) is 9.37 Å². The second kappa shape index (κ2) is 6.14. The first-order valence-corrected chi connectivity index (χ1v) is 10.0. The van der Waals surface area contributed by atoms with Crippen LogP contribution in [0.5, 0.6) is 0 Å². The standard InChI is InChI=1S/C20H19ClFN7/c21-14-1-3-16-13(5-14)6-23-8-18-25-26-19(29(16)18)28-11-20(12-28)9-27(10-20)17-4-2-15(22)7-24-17/h1-5,7,23H,6,8-12H2. The van der Waals surface area contributed by atoms with Crippen LogP contribution in [0, 0.1) is 11.2 Å². The van der Waals surface area contributed by atoms with E-state index >= 15 is 0 Å². The molecule has 0 aliphatic carbocycles. The average molecular weight is 412 g/mol. The van der Waals surface area contributed by atoms with E-state index in [0.29, 0.717) is 6.54 Å². The van der Waals surface area contributed by atoms with Gasteiger partial charge in [0, 0.05) is 43.2 Å². The summed E-state index contributed by atoms with van der Waals surface area (Å²) >= 11 is 6.20. The van der Waals surface area contributed by atoms with Crippen molar-refractivity contribution in [2.45, 2.75) is 13.1 Å². The Balaban J connectivity index is 1.22. The van der Waals surface area contributed by atoms with Gasteiger partial charge in [0.1, 0.15) is 11.6 Å². The van der Waals surface area contributed by atoms with Crippen LogP contribution in [0.4, 0.5) is 16.2 Å². The zero-order valence-corrected chi connectivity index (χ0v) is 16.4. The van der Waals surface area contributed by atoms with Crippen molar-refractivity contribution >= 4 is 23.4 Å². The van der Waals surface area contributed by atoms with Crippen LogP contribution < -0.4 is 15.1 Å². The highest BCUT2D eigenvalue weighted by Gasteiger charge is 2.53. The lowest BCUT2D eigenvalue weighted by Gasteiger charge is -2.60. The molecule has 2 aromatic heterocycles. The van der Waals surface area contributed by atoms with Gasteiger partial charge in [0.15, 0.2) is 5.82 Å². The molecule has 0 unspecified atom stereocenters. The number of nitrogens with one attached hydrogen (secondary N) is 1. The number of aromatic nitrogens is 4. The third-order valence-electron chi connectivity index (χ3n) is 6.02. The summed E-state index contributed by atoms with van der Waals surface area (Å²) in [4.78, 5) is 8.67. The van der Waals surface area contributed by atoms with Crippen molar-refractivity contribution in [3.8, 4) is 5.69 Å². The number of halogens is 2. The van der Waals surface area contributed by atoms with Gasteiger partial charge in [-0.15, -0.1) is 10.2 Å². The van der Waals surface area contributed by atoms with E-state index in [1.807, 2.05) is 18.2 Å². The Morgan fingerprint density at radius 2 is 1.83 bits per heavy atom. The Hall–Kier alpha value is -2.71. The van der Waals surface area contributed by atoms with Crippen molar-refractivity contribution in [3.05, 3.63) is 58.8 Å². The Bertz CT molecular complexity index is 1080. The SMILES string of the molecule is Fc1ccc(N2CC3(C2)CN(c2nnc4n2-c2ccc(Cl)cc2CNC4)C3)nc1. The van der Waals surface area contributed by atoms with E-state index in [4.69, 9.17) is 11.6 Å². The van der Waals surface area contributed by atoms with Crippen LogP contribution in [-0.2, 0) is 13.1 Å². The van der Waals surface area contributed by atoms with E-state index in [9.17, 15) is 4.39 Å². The third-order valence-corrected chi connectivity index (χ3v) is 6.25. The molecule has 1 spiro atoms. The van der Waals surface area contributed by atoms with E-state index in [1.54, 1.807) is 6.07 Å². The summed E-state index contributed by atoms with van der Waals surface area (Å²) < 4.78 is 15.2. The molecule has 3 aliphatic heterocycles. The predicted octanol–water partition coefficient (Wildman–Crippen LogP) is 2.38. The van der Waals surface area contributed by atoms with Gasteiger partial charge >= 0.3 is 0 Å². The van der Waals surface area contributed by atoms with Crippen molar-refractivity contribution in [1.82, 2.24) is 25.1 Å². The molecule has 0 amide bonds. The van der Waals surface area contributed by atoms with Crippen LogP contribution in [0.2, 0.25) is 5.02 Å². The van der Waals surface area contributed by atoms with Crippen LogP contribution in [0.3, 0.4) is 0 Å². The van der Waals surface area contributed by atoms with Crippen LogP contribution in [0.1, 0.15) is 11.4 Å². The normalized spacial score (nSPS) is 19.2. The van der Waals surface area contributed by atoms with Crippen molar-refractivity contribution in [3.63, 3.8) is 0 Å². The fourth-order valence-corrected chi connectivity index (χ4v) is 4.88. The van der Waals surface area contributed by atoms with Crippen molar-refractivity contribution in [2.24, 2.45) is 5.41 Å². The number of fused-ring (bicyclic) bond motifs is 3. The highest BCUT2D eigenvalue weighted by molar-refractivity contribution is 6.30. The Morgan fingerprint density at radius 1 is 1.00 bits per heavy atom. The molecule has 148 valence electrons. The smallest absolute Gasteiger partial charge is 0.231 e. The van der Waals surface area contributed by atoms with Crippen LogP contribution >= 0.6 is 11.6 Å². The number of rotatable bonds is 2. The maximum Gasteiger partial charge on any atom is 0.231 e. The topological polar surface area (TPSA) is 62.1 Å². The Morgan fingerprint density at radius 3 is 2.62 bits per heavy atom. The summed E-state index contributed by atoms with van der Waals surface area (Å²) in [6, 6.07) is 9.16. The molecule has 6 rings (SSSR count). The van der Waals surface area contributed by atoms with Crippen LogP contribution in [0.25, 0.3) is 5.69 Å². The fourth-order valence-electron chi connectivity index (χ4n) is 4.68. The monoisotopic (exact) mass is 411 g/mol. The zero-order valence-electron chi connectivity index (χ0n) is 15.6. The number of hydrogen-bond acceptors (Lipinski definition) is 6. The molecule has 0 saturated carbocycles. The zero-order chi connectivity index (χ0) is 19.6. The summed E-state index contributed by atoms with van der Waals surface area (Å²) in [5, 5.41) is 13.0. The van der Waals surface area contributed by atoms with Gasteiger partial charge in [-0.05, 0) is 35.9 Å². The van der Waals surface area contributed by atoms with Gasteiger partial charge in [-0.3, -0.25) is 4.57 Å². The Kier molecular flexibility index (Phi) is 3.64. The fraction of sp³-hybridized carbons (Fsp3) is 0.350. The van der Waals surface area contributed by atoms with Gasteiger partial charge in [-0.2, -0.15) is 0 Å². The van der Waals surface area contributed by atoms with Gasteiger partial charge in [-0.1, -0.05) is 11.6 Å². The first kappa shape index (κ1) is 17.2. The summed E-state index contributed by atoms with van der Waals surface area (Å²) in [7, 11) is 0. The summed E-state index contributed by atoms with van der Waals surface area (Å²) in [6.07, 6.45) is 1.27. The van der Waals surface area contributed by atoms with E-state index in [0.717, 1.165) is 66.6 Å². The number of nitrogens with zero attached hydrogens (tertiary/aromatic N) is 6. The van der Waals surface area contributed by atoms with Gasteiger partial charge in [0.2, 0.25) is 5.95 Å². The lowest BCUT2D eigenvalue weighted by Crippen LogP contribution is -2.73. The molecule has 7 nitrogen and oxygen atoms in total. The molecular weight excluding hydrogens is 393 g/mol. The first-order chi connectivity index (χ1) is 14.1. The van der Waals surface area contributed by atoms with E-state index < -0.39 is 0 Å². The van der Waals surface area contributed by atoms with Gasteiger partial charge < -0.3 is 15.1 Å². The maximum absolute atomic E-state index is 13.1. The Labute approximate surface area is 172 Å². The summed E-state index contributed by atoms with van der Waals surface area (Å²) in [5.41, 5.74) is 2.47. The first-order valence-electron chi connectivity index (χ1n) is 9.66. The molecular formula is C20H19ClFN7. The minimum atomic E-state index is -0.303. The predicted molar refractivity (Wildman–Crippen MR) is 108 cm³/mol. The van der Waals surface area contributed by atoms with Crippen LogP contribution in [0.15, 0.2) is 36.5 Å². The quantitative estimate of drug-likeness (QED) is 0.698. The highest BCUT2D eigenvalue weighted by atomic mass is 35.5. The lowest BCUT2D eigenvalue weighted by atomic mass is 9.73. The van der Waals surface area contributed by atoms with Crippen molar-refractivity contribution < 1.29 is 4.39 Å². The van der Waals surface area contributed by atoms with Crippen molar-refractivity contribution in [1.29, 1.82) is 0 Å². The van der Waals surface area contributed by atoms with E-state index in [2.05, 4.69) is 34.9 Å². The molecule has 0 atom stereocenters. The molecule has 3 aliphatic rings. The molecule has 1 aromatic carbocycles. The summed E-state index contributed by atoms with van der Waals surface area (Å²) in [5.74, 6) is 2.33. The number of pyridine rings is 1. The van der Waals surface area contributed by atoms with E-state index in [1.165, 1.54) is 12.3 Å². The maximum atomic E-state index is 13.1. The number of hydrogen-bond donors (Lipinski definition) is 1. The third kappa shape index (κ3) is 2.70. The minimum absolute atomic E-state index is 0.244. The van der Waals surface area contributed by atoms with Gasteiger partial charge in [0.25, 0.3) is 0 Å². The lowest BCUT2D eigenvalue weighted by molar-refractivity contribution is 0.153. The number of benzene rings is 1. The largest absolute Gasteiger partial charge is 0.355 e. The highest BCUT2D eigenvalue weighted by Crippen LogP contribution is 2.43. The molecule has 5 heterocycles. The second-order valence-electron chi connectivity index (χ2n) is 8.17. The molecule has 1 N–H and O–H groups in total. The molecule has 2 saturated heterocycles. The second-order valence-corrected chi connectivity index (χ2v) is 8.61. The average Bonchev–Trinajstić information content (AvgIpc) is 2.96. The van der Waals surface area contributed by atoms with E-state index in [-0.39, 0.29) is 11.2 Å². The number of anilines is 2. The van der Waals surface area contributed by atoms with Crippen molar-refractivity contribution in [2.75, 3.05) is 36.0 Å². The molecule has 9 heteroatoms.